The summed E-state index contributed by atoms with van der Waals surface area (Å²) in [5.74, 6) is 6.92. The molecule has 3 aromatic carbocycles. The number of benzene rings is 3. The first-order chi connectivity index (χ1) is 12.4. The number of para-hydroxylation sites is 1. The molecule has 2 heteroatoms. The van der Waals surface area contributed by atoms with Gasteiger partial charge in [-0.05, 0) is 30.3 Å². The van der Waals surface area contributed by atoms with Crippen molar-refractivity contribution in [2.45, 2.75) is 0 Å². The molecule has 1 aromatic heterocycles. The third kappa shape index (κ3) is 2.84. The molecule has 1 heterocycles. The Hall–Kier alpha value is -3.57. The van der Waals surface area contributed by atoms with Crippen LogP contribution in [0.4, 0.5) is 0 Å². The second kappa shape index (κ2) is 6.51. The molecule has 0 amide bonds. The van der Waals surface area contributed by atoms with Crippen molar-refractivity contribution in [2.24, 2.45) is 0 Å². The minimum absolute atomic E-state index is 0.560. The van der Waals surface area contributed by atoms with Crippen molar-refractivity contribution in [1.29, 1.82) is 0 Å². The van der Waals surface area contributed by atoms with Gasteiger partial charge in [-0.2, -0.15) is 0 Å². The fraction of sp³-hybridized carbons (Fsp3) is 0. The molecule has 0 aliphatic rings. The summed E-state index contributed by atoms with van der Waals surface area (Å²) >= 11 is 0. The van der Waals surface area contributed by atoms with Crippen LogP contribution >= 0.6 is 0 Å². The summed E-state index contributed by atoms with van der Waals surface area (Å²) in [7, 11) is 0. The van der Waals surface area contributed by atoms with Crippen LogP contribution in [0.1, 0.15) is 21.5 Å². The van der Waals surface area contributed by atoms with Gasteiger partial charge in [0, 0.05) is 22.1 Å². The van der Waals surface area contributed by atoms with Crippen molar-refractivity contribution in [3.8, 4) is 23.2 Å². The van der Waals surface area contributed by atoms with Crippen LogP contribution in [-0.4, -0.2) is 6.29 Å². The van der Waals surface area contributed by atoms with Gasteiger partial charge in [-0.3, -0.25) is 4.79 Å². The van der Waals surface area contributed by atoms with Gasteiger partial charge in [0.1, 0.15) is 11.3 Å². The van der Waals surface area contributed by atoms with Crippen molar-refractivity contribution in [3.63, 3.8) is 0 Å². The van der Waals surface area contributed by atoms with Gasteiger partial charge in [0.05, 0.1) is 5.56 Å². The highest BCUT2D eigenvalue weighted by atomic mass is 16.3. The average Bonchev–Trinajstić information content (AvgIpc) is 3.06. The summed E-state index contributed by atoms with van der Waals surface area (Å²) in [5, 5.41) is 0.818. The molecule has 0 unspecified atom stereocenters. The zero-order valence-electron chi connectivity index (χ0n) is 13.4. The van der Waals surface area contributed by atoms with Crippen LogP contribution < -0.4 is 0 Å². The quantitative estimate of drug-likeness (QED) is 0.370. The molecule has 0 N–H and O–H groups in total. The van der Waals surface area contributed by atoms with E-state index in [1.165, 1.54) is 0 Å². The Morgan fingerprint density at radius 3 is 2.32 bits per heavy atom. The zero-order chi connectivity index (χ0) is 17.1. The van der Waals surface area contributed by atoms with E-state index in [9.17, 15) is 4.79 Å². The van der Waals surface area contributed by atoms with E-state index in [-0.39, 0.29) is 0 Å². The molecule has 0 spiro atoms. The van der Waals surface area contributed by atoms with Crippen molar-refractivity contribution in [1.82, 2.24) is 0 Å². The van der Waals surface area contributed by atoms with Gasteiger partial charge in [-0.25, -0.2) is 0 Å². The lowest BCUT2D eigenvalue weighted by Crippen LogP contribution is -1.87. The Morgan fingerprint density at radius 2 is 1.48 bits per heavy atom. The Morgan fingerprint density at radius 1 is 0.760 bits per heavy atom. The number of carbonyl (C=O) groups is 1. The number of hydrogen-bond acceptors (Lipinski definition) is 2. The number of fused-ring (bicyclic) bond motifs is 1. The van der Waals surface area contributed by atoms with E-state index in [1.807, 2.05) is 78.9 Å². The van der Waals surface area contributed by atoms with Gasteiger partial charge in [0.25, 0.3) is 0 Å². The van der Waals surface area contributed by atoms with E-state index in [2.05, 4.69) is 11.8 Å². The lowest BCUT2D eigenvalue weighted by atomic mass is 10.0. The largest absolute Gasteiger partial charge is 0.455 e. The molecule has 0 atom stereocenters. The van der Waals surface area contributed by atoms with E-state index < -0.39 is 0 Å². The van der Waals surface area contributed by atoms with Crippen LogP contribution in [0.5, 0.6) is 0 Å². The van der Waals surface area contributed by atoms with E-state index in [0.29, 0.717) is 16.9 Å². The molecule has 4 rings (SSSR count). The molecule has 0 aliphatic heterocycles. The molecular weight excluding hydrogens is 308 g/mol. The summed E-state index contributed by atoms with van der Waals surface area (Å²) in [5.41, 5.74) is 3.85. The SMILES string of the molecule is O=Cc1c(-c2ccccc2C#Cc2ccccc2)oc2ccccc12. The lowest BCUT2D eigenvalue weighted by Gasteiger charge is -2.02. The second-order valence-corrected chi connectivity index (χ2v) is 5.62. The normalized spacial score (nSPS) is 10.2. The minimum atomic E-state index is 0.560. The highest BCUT2D eigenvalue weighted by Gasteiger charge is 2.16. The summed E-state index contributed by atoms with van der Waals surface area (Å²) in [6.45, 7) is 0. The van der Waals surface area contributed by atoms with Gasteiger partial charge < -0.3 is 4.42 Å². The van der Waals surface area contributed by atoms with Crippen LogP contribution in [0.2, 0.25) is 0 Å². The molecule has 0 aliphatic carbocycles. The number of carbonyl (C=O) groups excluding carboxylic acids is 1. The van der Waals surface area contributed by atoms with Gasteiger partial charge in [0.15, 0.2) is 6.29 Å². The third-order valence-corrected chi connectivity index (χ3v) is 4.04. The highest BCUT2D eigenvalue weighted by Crippen LogP contribution is 2.34. The Bertz CT molecular complexity index is 1110. The summed E-state index contributed by atoms with van der Waals surface area (Å²) < 4.78 is 5.97. The van der Waals surface area contributed by atoms with E-state index in [4.69, 9.17) is 4.42 Å². The van der Waals surface area contributed by atoms with Crippen LogP contribution in [-0.2, 0) is 0 Å². The molecule has 25 heavy (non-hydrogen) atoms. The van der Waals surface area contributed by atoms with Crippen molar-refractivity contribution in [3.05, 3.63) is 95.6 Å². The molecule has 0 saturated heterocycles. The number of aldehydes is 1. The van der Waals surface area contributed by atoms with Crippen molar-refractivity contribution < 1.29 is 9.21 Å². The monoisotopic (exact) mass is 322 g/mol. The molecule has 0 saturated carbocycles. The first-order valence-corrected chi connectivity index (χ1v) is 8.00. The standard InChI is InChI=1S/C23H14O2/c24-16-21-20-12-6-7-13-22(20)25-23(21)19-11-5-4-10-18(19)15-14-17-8-2-1-3-9-17/h1-13,16H. The summed E-state index contributed by atoms with van der Waals surface area (Å²) in [6.07, 6.45) is 0.850. The topological polar surface area (TPSA) is 30.2 Å². The maximum Gasteiger partial charge on any atom is 0.154 e. The predicted molar refractivity (Wildman–Crippen MR) is 99.5 cm³/mol. The molecule has 0 bridgehead atoms. The maximum absolute atomic E-state index is 11.7. The minimum Gasteiger partial charge on any atom is -0.455 e. The van der Waals surface area contributed by atoms with Gasteiger partial charge >= 0.3 is 0 Å². The van der Waals surface area contributed by atoms with Crippen LogP contribution in [0.3, 0.4) is 0 Å². The van der Waals surface area contributed by atoms with E-state index in [0.717, 1.165) is 28.4 Å². The lowest BCUT2D eigenvalue weighted by molar-refractivity contribution is 0.112. The number of hydrogen-bond donors (Lipinski definition) is 0. The third-order valence-electron chi connectivity index (χ3n) is 4.04. The fourth-order valence-corrected chi connectivity index (χ4v) is 2.83. The number of furan rings is 1. The molecule has 0 fully saturated rings. The molecule has 2 nitrogen and oxygen atoms in total. The Kier molecular flexibility index (Phi) is 3.90. The zero-order valence-corrected chi connectivity index (χ0v) is 13.4. The highest BCUT2D eigenvalue weighted by molar-refractivity contribution is 6.03. The molecule has 118 valence electrons. The average molecular weight is 322 g/mol. The molecule has 4 aromatic rings. The predicted octanol–water partition coefficient (Wildman–Crippen LogP) is 5.31. The first kappa shape index (κ1) is 15.0. The molecule has 0 radical (unpaired) electrons. The molecular formula is C23H14O2. The van der Waals surface area contributed by atoms with Gasteiger partial charge in [0.2, 0.25) is 0 Å². The first-order valence-electron chi connectivity index (χ1n) is 8.00. The van der Waals surface area contributed by atoms with Crippen LogP contribution in [0.15, 0.2) is 83.3 Å². The van der Waals surface area contributed by atoms with Gasteiger partial charge in [-0.15, -0.1) is 0 Å². The van der Waals surface area contributed by atoms with Crippen LogP contribution in [0.25, 0.3) is 22.3 Å². The van der Waals surface area contributed by atoms with E-state index in [1.54, 1.807) is 0 Å². The summed E-state index contributed by atoms with van der Waals surface area (Å²) in [6, 6.07) is 25.1. The van der Waals surface area contributed by atoms with Crippen LogP contribution in [0, 0.1) is 11.8 Å². The fourth-order valence-electron chi connectivity index (χ4n) is 2.83. The summed E-state index contributed by atoms with van der Waals surface area (Å²) in [4.78, 5) is 11.7. The van der Waals surface area contributed by atoms with Crippen molar-refractivity contribution in [2.75, 3.05) is 0 Å². The Balaban J connectivity index is 1.88. The van der Waals surface area contributed by atoms with Gasteiger partial charge in [-0.1, -0.05) is 60.4 Å². The smallest absolute Gasteiger partial charge is 0.154 e. The van der Waals surface area contributed by atoms with E-state index >= 15 is 0 Å². The number of rotatable bonds is 2. The Labute approximate surface area is 145 Å². The van der Waals surface area contributed by atoms with Crippen molar-refractivity contribution >= 4 is 17.3 Å². The maximum atomic E-state index is 11.7. The second-order valence-electron chi connectivity index (χ2n) is 5.62.